The van der Waals surface area contributed by atoms with Crippen LogP contribution in [0.5, 0.6) is 0 Å². The summed E-state index contributed by atoms with van der Waals surface area (Å²) in [6.07, 6.45) is 3.32. The maximum Gasteiger partial charge on any atom is 0.489 e. The molecule has 1 heterocycles. The first-order chi connectivity index (χ1) is 7.22. The van der Waals surface area contributed by atoms with E-state index in [1.54, 1.807) is 30.5 Å². The molecule has 0 saturated carbocycles. The second kappa shape index (κ2) is 3.84. The predicted octanol–water partition coefficient (Wildman–Crippen LogP) is 0.558. The molecule has 0 saturated heterocycles. The third-order valence-electron chi connectivity index (χ3n) is 2.31. The Labute approximate surface area is 87.9 Å². The van der Waals surface area contributed by atoms with E-state index in [2.05, 4.69) is 11.6 Å². The van der Waals surface area contributed by atoms with Crippen LogP contribution < -0.4 is 5.46 Å². The molecule has 3 nitrogen and oxygen atoms in total. The van der Waals surface area contributed by atoms with Crippen molar-refractivity contribution in [2.75, 3.05) is 0 Å². The van der Waals surface area contributed by atoms with E-state index in [1.165, 1.54) is 0 Å². The molecular weight excluding hydrogens is 189 g/mol. The number of benzene rings is 1. The molecule has 0 fully saturated rings. The van der Waals surface area contributed by atoms with E-state index in [-0.39, 0.29) is 0 Å². The van der Waals surface area contributed by atoms with Crippen molar-refractivity contribution in [3.8, 4) is 0 Å². The molecule has 1 aromatic heterocycles. The van der Waals surface area contributed by atoms with Crippen LogP contribution in [0.4, 0.5) is 0 Å². The first-order valence-electron chi connectivity index (χ1n) is 4.59. The summed E-state index contributed by atoms with van der Waals surface area (Å²) in [6.45, 7) is 3.62. The smallest absolute Gasteiger partial charge is 0.423 e. The summed E-state index contributed by atoms with van der Waals surface area (Å²) in [5.74, 6) is 0. The van der Waals surface area contributed by atoms with Crippen LogP contribution in [-0.2, 0) is 0 Å². The highest BCUT2D eigenvalue weighted by atomic mass is 16.4. The summed E-state index contributed by atoms with van der Waals surface area (Å²) in [5.41, 5.74) is 1.20. The third kappa shape index (κ3) is 1.77. The van der Waals surface area contributed by atoms with Crippen molar-refractivity contribution in [2.24, 2.45) is 0 Å². The molecule has 2 rings (SSSR count). The molecule has 0 aliphatic carbocycles. The SMILES string of the molecule is C=Cc1cc2c(B(O)O)cccc2cn1. The minimum atomic E-state index is -1.46. The van der Waals surface area contributed by atoms with Crippen LogP contribution in [-0.4, -0.2) is 22.2 Å². The fourth-order valence-electron chi connectivity index (χ4n) is 1.55. The summed E-state index contributed by atoms with van der Waals surface area (Å²) in [4.78, 5) is 4.14. The summed E-state index contributed by atoms with van der Waals surface area (Å²) in [6, 6.07) is 7.12. The number of nitrogens with zero attached hydrogens (tertiary/aromatic N) is 1. The molecule has 0 atom stereocenters. The highest BCUT2D eigenvalue weighted by molar-refractivity contribution is 6.61. The Kier molecular flexibility index (Phi) is 2.54. The standard InChI is InChI=1S/C11H10BNO2/c1-2-9-6-10-8(7-13-9)4-3-5-11(10)12(14)15/h2-7,14-15H,1H2. The summed E-state index contributed by atoms with van der Waals surface area (Å²) >= 11 is 0. The van der Waals surface area contributed by atoms with Gasteiger partial charge in [0.15, 0.2) is 0 Å². The summed E-state index contributed by atoms with van der Waals surface area (Å²) in [5, 5.41) is 20.1. The van der Waals surface area contributed by atoms with Gasteiger partial charge in [-0.05, 0) is 28.4 Å². The van der Waals surface area contributed by atoms with Gasteiger partial charge in [-0.3, -0.25) is 4.98 Å². The first-order valence-corrected chi connectivity index (χ1v) is 4.59. The minimum absolute atomic E-state index is 0.484. The Morgan fingerprint density at radius 3 is 2.80 bits per heavy atom. The molecule has 0 amide bonds. The van der Waals surface area contributed by atoms with Gasteiger partial charge in [0.1, 0.15) is 0 Å². The zero-order chi connectivity index (χ0) is 10.8. The van der Waals surface area contributed by atoms with E-state index >= 15 is 0 Å². The van der Waals surface area contributed by atoms with Crippen LogP contribution in [0.25, 0.3) is 16.8 Å². The molecule has 0 bridgehead atoms. The average Bonchev–Trinajstić information content (AvgIpc) is 2.27. The zero-order valence-corrected chi connectivity index (χ0v) is 8.09. The van der Waals surface area contributed by atoms with Gasteiger partial charge in [-0.1, -0.05) is 24.8 Å². The monoisotopic (exact) mass is 199 g/mol. The minimum Gasteiger partial charge on any atom is -0.423 e. The van der Waals surface area contributed by atoms with Crippen molar-refractivity contribution < 1.29 is 10.0 Å². The van der Waals surface area contributed by atoms with Gasteiger partial charge in [0.25, 0.3) is 0 Å². The van der Waals surface area contributed by atoms with E-state index in [4.69, 9.17) is 0 Å². The normalized spacial score (nSPS) is 10.3. The topological polar surface area (TPSA) is 53.4 Å². The number of pyridine rings is 1. The van der Waals surface area contributed by atoms with Crippen molar-refractivity contribution in [1.82, 2.24) is 4.98 Å². The van der Waals surface area contributed by atoms with Gasteiger partial charge >= 0.3 is 7.12 Å². The number of hydrogen-bond acceptors (Lipinski definition) is 3. The molecule has 2 aromatic rings. The van der Waals surface area contributed by atoms with Crippen molar-refractivity contribution in [3.05, 3.63) is 42.7 Å². The Balaban J connectivity index is 2.75. The maximum atomic E-state index is 9.19. The van der Waals surface area contributed by atoms with E-state index in [0.29, 0.717) is 5.46 Å². The molecule has 0 aliphatic heterocycles. The van der Waals surface area contributed by atoms with Crippen LogP contribution in [0.3, 0.4) is 0 Å². The zero-order valence-electron chi connectivity index (χ0n) is 8.09. The Hall–Kier alpha value is -1.65. The molecule has 74 valence electrons. The highest BCUT2D eigenvalue weighted by Gasteiger charge is 2.14. The lowest BCUT2D eigenvalue weighted by atomic mass is 9.77. The highest BCUT2D eigenvalue weighted by Crippen LogP contribution is 2.12. The van der Waals surface area contributed by atoms with Crippen LogP contribution in [0.15, 0.2) is 37.0 Å². The molecular formula is C11H10BNO2. The third-order valence-corrected chi connectivity index (χ3v) is 2.31. The molecule has 15 heavy (non-hydrogen) atoms. The summed E-state index contributed by atoms with van der Waals surface area (Å²) < 4.78 is 0. The van der Waals surface area contributed by atoms with Gasteiger partial charge in [-0.2, -0.15) is 0 Å². The van der Waals surface area contributed by atoms with Crippen LogP contribution in [0, 0.1) is 0 Å². The number of fused-ring (bicyclic) bond motifs is 1. The fraction of sp³-hybridized carbons (Fsp3) is 0. The molecule has 0 spiro atoms. The molecule has 2 N–H and O–H groups in total. The van der Waals surface area contributed by atoms with Crippen molar-refractivity contribution in [1.29, 1.82) is 0 Å². The molecule has 4 heteroatoms. The largest absolute Gasteiger partial charge is 0.489 e. The predicted molar refractivity (Wildman–Crippen MR) is 61.7 cm³/mol. The van der Waals surface area contributed by atoms with Gasteiger partial charge in [0.05, 0.1) is 5.69 Å². The lowest BCUT2D eigenvalue weighted by molar-refractivity contribution is 0.426. The quantitative estimate of drug-likeness (QED) is 0.694. The first kappa shape index (κ1) is 9.89. The molecule has 1 aromatic carbocycles. The second-order valence-corrected chi connectivity index (χ2v) is 3.26. The lowest BCUT2D eigenvalue weighted by Crippen LogP contribution is -2.30. The average molecular weight is 199 g/mol. The van der Waals surface area contributed by atoms with Crippen molar-refractivity contribution >= 4 is 29.4 Å². The van der Waals surface area contributed by atoms with Gasteiger partial charge < -0.3 is 10.0 Å². The number of hydrogen-bond donors (Lipinski definition) is 2. The van der Waals surface area contributed by atoms with Crippen LogP contribution >= 0.6 is 0 Å². The van der Waals surface area contributed by atoms with E-state index in [0.717, 1.165) is 16.5 Å². The second-order valence-electron chi connectivity index (χ2n) is 3.26. The lowest BCUT2D eigenvalue weighted by Gasteiger charge is -2.05. The van der Waals surface area contributed by atoms with Gasteiger partial charge in [-0.25, -0.2) is 0 Å². The van der Waals surface area contributed by atoms with E-state index in [1.807, 2.05) is 6.07 Å². The van der Waals surface area contributed by atoms with E-state index in [9.17, 15) is 10.0 Å². The van der Waals surface area contributed by atoms with E-state index < -0.39 is 7.12 Å². The Morgan fingerprint density at radius 1 is 1.33 bits per heavy atom. The van der Waals surface area contributed by atoms with Crippen molar-refractivity contribution in [3.63, 3.8) is 0 Å². The number of aromatic nitrogens is 1. The van der Waals surface area contributed by atoms with Crippen LogP contribution in [0.2, 0.25) is 0 Å². The Bertz CT molecular complexity index is 511. The van der Waals surface area contributed by atoms with Gasteiger partial charge in [0.2, 0.25) is 0 Å². The molecule has 0 aliphatic rings. The van der Waals surface area contributed by atoms with Gasteiger partial charge in [0, 0.05) is 6.20 Å². The Morgan fingerprint density at radius 2 is 2.13 bits per heavy atom. The molecule has 0 radical (unpaired) electrons. The molecule has 0 unspecified atom stereocenters. The van der Waals surface area contributed by atoms with Crippen molar-refractivity contribution in [2.45, 2.75) is 0 Å². The van der Waals surface area contributed by atoms with Crippen LogP contribution in [0.1, 0.15) is 5.69 Å². The fourth-order valence-corrected chi connectivity index (χ4v) is 1.55. The summed E-state index contributed by atoms with van der Waals surface area (Å²) in [7, 11) is -1.46. The number of rotatable bonds is 2. The maximum absolute atomic E-state index is 9.19. The van der Waals surface area contributed by atoms with Gasteiger partial charge in [-0.15, -0.1) is 0 Å².